The van der Waals surface area contributed by atoms with E-state index in [0.29, 0.717) is 17.6 Å². The summed E-state index contributed by atoms with van der Waals surface area (Å²) in [5.74, 6) is -0.434. The van der Waals surface area contributed by atoms with Gasteiger partial charge in [0.1, 0.15) is 0 Å². The first-order valence-electron chi connectivity index (χ1n) is 7.83. The highest BCUT2D eigenvalue weighted by molar-refractivity contribution is 5.99. The highest BCUT2D eigenvalue weighted by atomic mass is 16.2. The molecule has 0 bridgehead atoms. The molecule has 0 unspecified atom stereocenters. The van der Waals surface area contributed by atoms with Gasteiger partial charge in [-0.25, -0.2) is 4.52 Å². The van der Waals surface area contributed by atoms with Gasteiger partial charge in [-0.15, -0.1) is 5.10 Å². The number of amides is 1. The first kappa shape index (κ1) is 15.1. The van der Waals surface area contributed by atoms with Crippen molar-refractivity contribution in [1.82, 2.24) is 25.1 Å². The summed E-state index contributed by atoms with van der Waals surface area (Å²) >= 11 is 0. The summed E-state index contributed by atoms with van der Waals surface area (Å²) in [6.07, 6.45) is 0. The zero-order valence-corrected chi connectivity index (χ0v) is 13.5. The smallest absolute Gasteiger partial charge is 0.277 e. The summed E-state index contributed by atoms with van der Waals surface area (Å²) in [6, 6.07) is 15.1. The average Bonchev–Trinajstić information content (AvgIpc) is 3.07. The van der Waals surface area contributed by atoms with Crippen LogP contribution in [0.15, 0.2) is 53.3 Å². The molecule has 0 spiro atoms. The van der Waals surface area contributed by atoms with Crippen molar-refractivity contribution in [1.29, 1.82) is 0 Å². The van der Waals surface area contributed by atoms with E-state index in [9.17, 15) is 9.59 Å². The number of aromatic nitrogens is 4. The number of carbonyl (C=O) groups is 1. The minimum absolute atomic E-state index is 0.0131. The van der Waals surface area contributed by atoms with Crippen molar-refractivity contribution in [3.8, 4) is 0 Å². The van der Waals surface area contributed by atoms with Crippen molar-refractivity contribution >= 4 is 22.5 Å². The number of aryl methyl sites for hydroxylation is 1. The van der Waals surface area contributed by atoms with Gasteiger partial charge in [-0.1, -0.05) is 47.2 Å². The highest BCUT2D eigenvalue weighted by Gasteiger charge is 2.19. The lowest BCUT2D eigenvalue weighted by Crippen LogP contribution is -2.25. The number of para-hydroxylation sites is 2. The molecule has 0 saturated carbocycles. The Kier molecular flexibility index (Phi) is 3.53. The molecule has 0 fully saturated rings. The average molecular weight is 333 g/mol. The number of hydrogen-bond donors (Lipinski definition) is 2. The number of nitrogens with one attached hydrogen (secondary N) is 2. The van der Waals surface area contributed by atoms with Gasteiger partial charge in [0.2, 0.25) is 0 Å². The van der Waals surface area contributed by atoms with Gasteiger partial charge in [-0.2, -0.15) is 0 Å². The molecule has 124 valence electrons. The molecule has 2 aromatic carbocycles. The highest BCUT2D eigenvalue weighted by Crippen LogP contribution is 2.12. The van der Waals surface area contributed by atoms with Gasteiger partial charge < -0.3 is 10.3 Å². The lowest BCUT2D eigenvalue weighted by molar-refractivity contribution is 0.0947. The molecule has 7 nitrogen and oxygen atoms in total. The van der Waals surface area contributed by atoms with Crippen LogP contribution in [0.4, 0.5) is 0 Å². The van der Waals surface area contributed by atoms with Crippen LogP contribution >= 0.6 is 0 Å². The molecule has 2 aromatic heterocycles. The number of carbonyl (C=O) groups excluding carboxylic acids is 1. The van der Waals surface area contributed by atoms with Crippen LogP contribution in [0, 0.1) is 6.92 Å². The topological polar surface area (TPSA) is 92.2 Å². The van der Waals surface area contributed by atoms with Crippen LogP contribution in [0.25, 0.3) is 16.6 Å². The molecule has 0 aliphatic heterocycles. The quantitative estimate of drug-likeness (QED) is 0.598. The number of H-pyrrole nitrogens is 1. The second kappa shape index (κ2) is 5.86. The van der Waals surface area contributed by atoms with E-state index in [2.05, 4.69) is 20.6 Å². The molecular weight excluding hydrogens is 318 g/mol. The maximum absolute atomic E-state index is 12.5. The Morgan fingerprint density at radius 1 is 1.16 bits per heavy atom. The van der Waals surface area contributed by atoms with E-state index in [0.717, 1.165) is 11.1 Å². The molecule has 4 aromatic rings. The fraction of sp³-hybridized carbons (Fsp3) is 0.111. The molecule has 0 aliphatic carbocycles. The summed E-state index contributed by atoms with van der Waals surface area (Å²) < 4.78 is 1.40. The van der Waals surface area contributed by atoms with Crippen LogP contribution in [-0.2, 0) is 6.54 Å². The zero-order valence-electron chi connectivity index (χ0n) is 13.5. The van der Waals surface area contributed by atoms with Crippen LogP contribution in [0.2, 0.25) is 0 Å². The predicted octanol–water partition coefficient (Wildman–Crippen LogP) is 1.81. The lowest BCUT2D eigenvalue weighted by Gasteiger charge is -2.04. The number of nitrogens with zero attached hydrogens (tertiary/aromatic N) is 3. The third kappa shape index (κ3) is 2.65. The minimum atomic E-state index is -0.434. The summed E-state index contributed by atoms with van der Waals surface area (Å²) in [4.78, 5) is 27.6. The molecular formula is C18H15N5O2. The Morgan fingerprint density at radius 2 is 1.92 bits per heavy atom. The molecule has 4 rings (SSSR count). The van der Waals surface area contributed by atoms with E-state index >= 15 is 0 Å². The third-order valence-electron chi connectivity index (χ3n) is 4.05. The van der Waals surface area contributed by atoms with Crippen LogP contribution in [0.3, 0.4) is 0 Å². The number of hydrogen-bond acceptors (Lipinski definition) is 4. The van der Waals surface area contributed by atoms with Gasteiger partial charge in [0.05, 0.1) is 11.0 Å². The summed E-state index contributed by atoms with van der Waals surface area (Å²) in [7, 11) is 0. The number of benzene rings is 2. The van der Waals surface area contributed by atoms with E-state index in [1.165, 1.54) is 4.52 Å². The predicted molar refractivity (Wildman–Crippen MR) is 93.5 cm³/mol. The van der Waals surface area contributed by atoms with Crippen LogP contribution < -0.4 is 10.9 Å². The van der Waals surface area contributed by atoms with Crippen molar-refractivity contribution in [3.05, 3.63) is 75.7 Å². The van der Waals surface area contributed by atoms with E-state index < -0.39 is 11.5 Å². The van der Waals surface area contributed by atoms with Crippen molar-refractivity contribution in [3.63, 3.8) is 0 Å². The second-order valence-electron chi connectivity index (χ2n) is 5.84. The van der Waals surface area contributed by atoms with Crippen molar-refractivity contribution < 1.29 is 4.79 Å². The lowest BCUT2D eigenvalue weighted by atomic mass is 10.1. The molecule has 25 heavy (non-hydrogen) atoms. The summed E-state index contributed by atoms with van der Waals surface area (Å²) in [5, 5.41) is 10.7. The molecule has 0 saturated heterocycles. The first-order valence-corrected chi connectivity index (χ1v) is 7.83. The van der Waals surface area contributed by atoms with E-state index in [1.807, 2.05) is 43.3 Å². The van der Waals surface area contributed by atoms with Gasteiger partial charge in [-0.3, -0.25) is 9.59 Å². The van der Waals surface area contributed by atoms with Crippen molar-refractivity contribution in [2.24, 2.45) is 0 Å². The Hall–Kier alpha value is -3.48. The molecule has 0 aliphatic rings. The number of aromatic amines is 1. The van der Waals surface area contributed by atoms with Crippen molar-refractivity contribution in [2.45, 2.75) is 13.5 Å². The van der Waals surface area contributed by atoms with Crippen LogP contribution in [0.5, 0.6) is 0 Å². The van der Waals surface area contributed by atoms with Gasteiger partial charge >= 0.3 is 0 Å². The minimum Gasteiger partial charge on any atom is -0.346 e. The largest absolute Gasteiger partial charge is 0.346 e. The third-order valence-corrected chi connectivity index (χ3v) is 4.05. The van der Waals surface area contributed by atoms with Gasteiger partial charge in [0.25, 0.3) is 11.5 Å². The molecule has 2 N–H and O–H groups in total. The zero-order chi connectivity index (χ0) is 17.4. The monoisotopic (exact) mass is 333 g/mol. The standard InChI is InChI=1S/C18H15N5O2/c1-11-6-8-12(9-7-11)10-19-17(24)15-16-18(25)20-13-4-2-3-5-14(13)23(16)22-21-15/h2-9H,10H2,1H3,(H,19,24)(H,20,25). The fourth-order valence-electron chi connectivity index (χ4n) is 2.72. The maximum atomic E-state index is 12.5. The normalized spacial score (nSPS) is 11.1. The second-order valence-corrected chi connectivity index (χ2v) is 5.84. The molecule has 0 radical (unpaired) electrons. The number of fused-ring (bicyclic) bond motifs is 3. The fourth-order valence-corrected chi connectivity index (χ4v) is 2.72. The van der Waals surface area contributed by atoms with E-state index in [-0.39, 0.29) is 11.2 Å². The SMILES string of the molecule is Cc1ccc(CNC(=O)c2nnn3c2c(=O)[nH]c2ccccc23)cc1. The Labute approximate surface area is 142 Å². The molecule has 0 atom stereocenters. The van der Waals surface area contributed by atoms with Gasteiger partial charge in [-0.05, 0) is 24.6 Å². The summed E-state index contributed by atoms with van der Waals surface area (Å²) in [6.45, 7) is 2.35. The first-order chi connectivity index (χ1) is 12.1. The van der Waals surface area contributed by atoms with E-state index in [1.54, 1.807) is 12.1 Å². The molecule has 2 heterocycles. The number of rotatable bonds is 3. The summed E-state index contributed by atoms with van der Waals surface area (Å²) in [5.41, 5.74) is 3.19. The van der Waals surface area contributed by atoms with E-state index in [4.69, 9.17) is 0 Å². The van der Waals surface area contributed by atoms with Crippen LogP contribution in [0.1, 0.15) is 21.6 Å². The molecule has 1 amide bonds. The van der Waals surface area contributed by atoms with Crippen LogP contribution in [-0.4, -0.2) is 25.7 Å². The Morgan fingerprint density at radius 3 is 2.72 bits per heavy atom. The maximum Gasteiger partial charge on any atom is 0.277 e. The van der Waals surface area contributed by atoms with Crippen molar-refractivity contribution in [2.75, 3.05) is 0 Å². The Balaban J connectivity index is 1.69. The Bertz CT molecular complexity index is 1140. The van der Waals surface area contributed by atoms with Gasteiger partial charge in [0.15, 0.2) is 11.2 Å². The van der Waals surface area contributed by atoms with Gasteiger partial charge in [0, 0.05) is 6.54 Å². The molecule has 7 heteroatoms.